The van der Waals surface area contributed by atoms with Crippen molar-refractivity contribution in [1.82, 2.24) is 5.32 Å². The number of nitrogens with one attached hydrogen (secondary N) is 2. The molecule has 0 aromatic heterocycles. The molecule has 0 atom stereocenters. The molecule has 0 saturated heterocycles. The smallest absolute Gasteiger partial charge is 0.312 e. The Morgan fingerprint density at radius 2 is 1.82 bits per heavy atom. The highest BCUT2D eigenvalue weighted by Gasteiger charge is 2.07. The molecule has 6 heteroatoms. The van der Waals surface area contributed by atoms with Crippen molar-refractivity contribution in [1.29, 1.82) is 0 Å². The summed E-state index contributed by atoms with van der Waals surface area (Å²) in [7, 11) is 0. The lowest BCUT2D eigenvalue weighted by Gasteiger charge is -2.08. The molecule has 3 amide bonds. The third-order valence-corrected chi connectivity index (χ3v) is 3.52. The zero-order valence-electron chi connectivity index (χ0n) is 12.0. The van der Waals surface area contributed by atoms with Gasteiger partial charge in [-0.05, 0) is 42.3 Å². The molecule has 5 nitrogen and oxygen atoms in total. The maximum absolute atomic E-state index is 12.1. The first-order valence-electron chi connectivity index (χ1n) is 6.65. The number of benzene rings is 2. The summed E-state index contributed by atoms with van der Waals surface area (Å²) in [6.07, 6.45) is 0. The maximum atomic E-state index is 12.1. The molecule has 4 N–H and O–H groups in total. The monoisotopic (exact) mass is 317 g/mol. The number of hydrogen-bond acceptors (Lipinski definition) is 2. The Kier molecular flexibility index (Phi) is 5.01. The molecule has 2 rings (SSSR count). The summed E-state index contributed by atoms with van der Waals surface area (Å²) >= 11 is 6.03. The molecule has 0 spiro atoms. The number of carbonyl (C=O) groups is 2. The van der Waals surface area contributed by atoms with Crippen LogP contribution in [0.25, 0.3) is 0 Å². The van der Waals surface area contributed by atoms with E-state index in [0.29, 0.717) is 22.8 Å². The Hall–Kier alpha value is -2.53. The van der Waals surface area contributed by atoms with Crippen LogP contribution in [-0.4, -0.2) is 11.9 Å². The summed E-state index contributed by atoms with van der Waals surface area (Å²) in [5.41, 5.74) is 7.96. The second-order valence-electron chi connectivity index (χ2n) is 4.83. The molecule has 0 saturated carbocycles. The summed E-state index contributed by atoms with van der Waals surface area (Å²) in [6, 6.07) is 11.6. The number of halogens is 1. The van der Waals surface area contributed by atoms with Crippen LogP contribution in [0.4, 0.5) is 10.5 Å². The molecular weight excluding hydrogens is 302 g/mol. The first kappa shape index (κ1) is 15.9. The molecule has 0 bridgehead atoms. The third kappa shape index (κ3) is 4.23. The number of hydrogen-bond donors (Lipinski definition) is 3. The molecule has 114 valence electrons. The molecule has 0 aliphatic heterocycles. The number of rotatable bonds is 4. The van der Waals surface area contributed by atoms with E-state index in [1.54, 1.807) is 36.4 Å². The molecule has 0 radical (unpaired) electrons. The minimum Gasteiger partial charge on any atom is -0.352 e. The van der Waals surface area contributed by atoms with Crippen molar-refractivity contribution >= 4 is 29.2 Å². The zero-order valence-corrected chi connectivity index (χ0v) is 12.8. The molecule has 22 heavy (non-hydrogen) atoms. The molecule has 0 unspecified atom stereocenters. The van der Waals surface area contributed by atoms with Crippen LogP contribution in [0.2, 0.25) is 5.02 Å². The minimum absolute atomic E-state index is 0.227. The summed E-state index contributed by atoms with van der Waals surface area (Å²) in [5.74, 6) is -0.227. The number of carbonyl (C=O) groups excluding carboxylic acids is 2. The highest BCUT2D eigenvalue weighted by molar-refractivity contribution is 6.31. The van der Waals surface area contributed by atoms with Gasteiger partial charge in [0.2, 0.25) is 0 Å². The number of anilines is 1. The fourth-order valence-electron chi connectivity index (χ4n) is 1.84. The van der Waals surface area contributed by atoms with Gasteiger partial charge in [-0.3, -0.25) is 4.79 Å². The van der Waals surface area contributed by atoms with Gasteiger partial charge in [-0.2, -0.15) is 0 Å². The van der Waals surface area contributed by atoms with E-state index in [9.17, 15) is 9.59 Å². The van der Waals surface area contributed by atoms with Gasteiger partial charge in [0.05, 0.1) is 0 Å². The van der Waals surface area contributed by atoms with E-state index in [1.165, 1.54) is 0 Å². The fourth-order valence-corrected chi connectivity index (χ4v) is 2.02. The van der Waals surface area contributed by atoms with Gasteiger partial charge in [-0.1, -0.05) is 29.8 Å². The molecule has 0 aliphatic carbocycles. The predicted molar refractivity (Wildman–Crippen MR) is 87.0 cm³/mol. The van der Waals surface area contributed by atoms with Gasteiger partial charge in [0.1, 0.15) is 0 Å². The van der Waals surface area contributed by atoms with Crippen LogP contribution in [0.15, 0.2) is 42.5 Å². The fraction of sp³-hybridized carbons (Fsp3) is 0.125. The third-order valence-electron chi connectivity index (χ3n) is 3.11. The first-order chi connectivity index (χ1) is 10.5. The van der Waals surface area contributed by atoms with Crippen LogP contribution in [-0.2, 0) is 6.54 Å². The van der Waals surface area contributed by atoms with Crippen molar-refractivity contribution in [3.63, 3.8) is 0 Å². The largest absolute Gasteiger partial charge is 0.352 e. The first-order valence-corrected chi connectivity index (χ1v) is 7.03. The zero-order chi connectivity index (χ0) is 16.1. The van der Waals surface area contributed by atoms with Crippen LogP contribution >= 0.6 is 11.6 Å². The molecule has 2 aromatic rings. The Morgan fingerprint density at radius 3 is 2.41 bits per heavy atom. The Balaban J connectivity index is 2.03. The van der Waals surface area contributed by atoms with Crippen molar-refractivity contribution in [3.05, 3.63) is 64.2 Å². The van der Waals surface area contributed by atoms with Crippen LogP contribution in [0, 0.1) is 6.92 Å². The second kappa shape index (κ2) is 6.95. The maximum Gasteiger partial charge on any atom is 0.312 e. The van der Waals surface area contributed by atoms with Crippen molar-refractivity contribution in [3.8, 4) is 0 Å². The van der Waals surface area contributed by atoms with Crippen molar-refractivity contribution in [2.24, 2.45) is 5.73 Å². The van der Waals surface area contributed by atoms with E-state index < -0.39 is 6.03 Å². The van der Waals surface area contributed by atoms with Gasteiger partial charge >= 0.3 is 6.03 Å². The van der Waals surface area contributed by atoms with Crippen molar-refractivity contribution < 1.29 is 9.59 Å². The number of amides is 3. The van der Waals surface area contributed by atoms with E-state index in [-0.39, 0.29) is 5.91 Å². The number of primary amides is 1. The Morgan fingerprint density at radius 1 is 1.14 bits per heavy atom. The van der Waals surface area contributed by atoms with Gasteiger partial charge in [0.15, 0.2) is 0 Å². The van der Waals surface area contributed by atoms with Gasteiger partial charge in [-0.25, -0.2) is 4.79 Å². The SMILES string of the molecule is Cc1ccc(NC(=O)c2ccc(CNC(N)=O)cc2)cc1Cl. The normalized spacial score (nSPS) is 10.1. The van der Waals surface area contributed by atoms with E-state index in [1.807, 2.05) is 13.0 Å². The van der Waals surface area contributed by atoms with E-state index >= 15 is 0 Å². The highest BCUT2D eigenvalue weighted by Crippen LogP contribution is 2.20. The summed E-state index contributed by atoms with van der Waals surface area (Å²) in [5, 5.41) is 5.87. The molecule has 0 heterocycles. The van der Waals surface area contributed by atoms with Crippen LogP contribution in [0.3, 0.4) is 0 Å². The summed E-state index contributed by atoms with van der Waals surface area (Å²) < 4.78 is 0. The van der Waals surface area contributed by atoms with Crippen LogP contribution < -0.4 is 16.4 Å². The summed E-state index contributed by atoms with van der Waals surface area (Å²) in [6.45, 7) is 2.22. The van der Waals surface area contributed by atoms with Gasteiger partial charge in [-0.15, -0.1) is 0 Å². The molecule has 0 fully saturated rings. The van der Waals surface area contributed by atoms with Gasteiger partial charge < -0.3 is 16.4 Å². The van der Waals surface area contributed by atoms with Crippen molar-refractivity contribution in [2.75, 3.05) is 5.32 Å². The lowest BCUT2D eigenvalue weighted by molar-refractivity contribution is 0.102. The molecule has 0 aliphatic rings. The topological polar surface area (TPSA) is 84.2 Å². The predicted octanol–water partition coefficient (Wildman–Crippen LogP) is 3.07. The van der Waals surface area contributed by atoms with E-state index in [0.717, 1.165) is 11.1 Å². The highest BCUT2D eigenvalue weighted by atomic mass is 35.5. The number of aryl methyl sites for hydroxylation is 1. The van der Waals surface area contributed by atoms with Gasteiger partial charge in [0, 0.05) is 22.8 Å². The van der Waals surface area contributed by atoms with E-state index in [4.69, 9.17) is 17.3 Å². The number of nitrogens with two attached hydrogens (primary N) is 1. The lowest BCUT2D eigenvalue weighted by atomic mass is 10.1. The van der Waals surface area contributed by atoms with E-state index in [2.05, 4.69) is 10.6 Å². The van der Waals surface area contributed by atoms with Crippen LogP contribution in [0.1, 0.15) is 21.5 Å². The minimum atomic E-state index is -0.585. The Labute approximate surface area is 133 Å². The quantitative estimate of drug-likeness (QED) is 0.809. The molecule has 2 aromatic carbocycles. The lowest BCUT2D eigenvalue weighted by Crippen LogP contribution is -2.28. The van der Waals surface area contributed by atoms with Crippen LogP contribution in [0.5, 0.6) is 0 Å². The molecular formula is C16H16ClN3O2. The van der Waals surface area contributed by atoms with Gasteiger partial charge in [0.25, 0.3) is 5.91 Å². The Bertz CT molecular complexity index is 699. The average molecular weight is 318 g/mol. The standard InChI is InChI=1S/C16H16ClN3O2/c1-10-2-7-13(8-14(10)17)20-15(21)12-5-3-11(4-6-12)9-19-16(18)22/h2-8H,9H2,1H3,(H,20,21)(H3,18,19,22). The van der Waals surface area contributed by atoms with Crippen molar-refractivity contribution in [2.45, 2.75) is 13.5 Å². The number of urea groups is 1. The second-order valence-corrected chi connectivity index (χ2v) is 5.24. The average Bonchev–Trinajstić information content (AvgIpc) is 2.49. The summed E-state index contributed by atoms with van der Waals surface area (Å²) in [4.78, 5) is 22.8.